The number of aliphatic carboxylic acids is 1. The number of rotatable bonds is 6. The number of halogens is 1. The third-order valence-corrected chi connectivity index (χ3v) is 4.88. The average Bonchev–Trinajstić information content (AvgIpc) is 2.66. The maximum Gasteiger partial charge on any atom is 0.348 e. The van der Waals surface area contributed by atoms with Gasteiger partial charge >= 0.3 is 5.97 Å². The number of aryl methyl sites for hydroxylation is 1. The van der Waals surface area contributed by atoms with Crippen molar-refractivity contribution in [3.8, 4) is 5.75 Å². The van der Waals surface area contributed by atoms with Gasteiger partial charge in [-0.1, -0.05) is 25.1 Å². The van der Waals surface area contributed by atoms with E-state index in [2.05, 4.69) is 22.9 Å². The standard InChI is InChI=1S/C20H23FN2O3/c1-2-15-7-8-16(22-13-15)14-23-11-9-20(10-12-23,19(24)25)26-18-6-4-3-5-17(18)21/h3-8,13H,2,9-12,14H2,1H3,(H,24,25). The van der Waals surface area contributed by atoms with E-state index in [1.807, 2.05) is 12.3 Å². The molecule has 1 aromatic carbocycles. The third kappa shape index (κ3) is 4.02. The molecule has 0 atom stereocenters. The number of nitrogens with zero attached hydrogens (tertiary/aromatic N) is 2. The van der Waals surface area contributed by atoms with Crippen LogP contribution in [0.2, 0.25) is 0 Å². The molecule has 26 heavy (non-hydrogen) atoms. The number of ether oxygens (including phenoxy) is 1. The van der Waals surface area contributed by atoms with E-state index >= 15 is 0 Å². The van der Waals surface area contributed by atoms with Gasteiger partial charge in [0.1, 0.15) is 0 Å². The van der Waals surface area contributed by atoms with Gasteiger partial charge in [0.05, 0.1) is 5.69 Å². The number of piperidine rings is 1. The van der Waals surface area contributed by atoms with Gasteiger partial charge in [-0.3, -0.25) is 9.88 Å². The zero-order valence-corrected chi connectivity index (χ0v) is 14.8. The van der Waals surface area contributed by atoms with Gasteiger partial charge in [0.2, 0.25) is 5.60 Å². The van der Waals surface area contributed by atoms with Crippen LogP contribution in [0.1, 0.15) is 31.0 Å². The fourth-order valence-electron chi connectivity index (χ4n) is 3.16. The minimum atomic E-state index is -1.39. The van der Waals surface area contributed by atoms with E-state index in [9.17, 15) is 14.3 Å². The van der Waals surface area contributed by atoms with E-state index in [1.165, 1.54) is 17.7 Å². The second kappa shape index (κ2) is 7.83. The van der Waals surface area contributed by atoms with E-state index < -0.39 is 17.4 Å². The number of benzene rings is 1. The lowest BCUT2D eigenvalue weighted by Crippen LogP contribution is -2.53. The number of hydrogen-bond acceptors (Lipinski definition) is 4. The molecule has 1 N–H and O–H groups in total. The minimum Gasteiger partial charge on any atom is -0.478 e. The molecule has 5 nitrogen and oxygen atoms in total. The summed E-state index contributed by atoms with van der Waals surface area (Å²) in [7, 11) is 0. The number of pyridine rings is 1. The highest BCUT2D eigenvalue weighted by Gasteiger charge is 2.44. The molecule has 6 heteroatoms. The number of aromatic nitrogens is 1. The Morgan fingerprint density at radius 1 is 1.27 bits per heavy atom. The quantitative estimate of drug-likeness (QED) is 0.859. The Morgan fingerprint density at radius 3 is 2.58 bits per heavy atom. The summed E-state index contributed by atoms with van der Waals surface area (Å²) < 4.78 is 19.5. The monoisotopic (exact) mass is 358 g/mol. The van der Waals surface area contributed by atoms with Crippen LogP contribution in [-0.2, 0) is 17.8 Å². The topological polar surface area (TPSA) is 62.7 Å². The summed E-state index contributed by atoms with van der Waals surface area (Å²) in [4.78, 5) is 18.5. The Labute approximate surface area is 152 Å². The normalized spacial score (nSPS) is 17.0. The van der Waals surface area contributed by atoms with Crippen LogP contribution in [-0.4, -0.2) is 39.7 Å². The first-order valence-electron chi connectivity index (χ1n) is 8.85. The first-order chi connectivity index (χ1) is 12.5. The molecule has 2 aromatic rings. The first kappa shape index (κ1) is 18.3. The van der Waals surface area contributed by atoms with E-state index in [0.29, 0.717) is 32.5 Å². The van der Waals surface area contributed by atoms with Crippen LogP contribution in [0, 0.1) is 5.82 Å². The highest BCUT2D eigenvalue weighted by atomic mass is 19.1. The second-order valence-electron chi connectivity index (χ2n) is 6.62. The molecule has 1 fully saturated rings. The van der Waals surface area contributed by atoms with Crippen LogP contribution >= 0.6 is 0 Å². The predicted molar refractivity (Wildman–Crippen MR) is 95.5 cm³/mol. The van der Waals surface area contributed by atoms with Gasteiger partial charge in [-0.05, 0) is 30.2 Å². The highest BCUT2D eigenvalue weighted by Crippen LogP contribution is 2.31. The van der Waals surface area contributed by atoms with Crippen molar-refractivity contribution in [2.75, 3.05) is 13.1 Å². The molecule has 0 bridgehead atoms. The Kier molecular flexibility index (Phi) is 5.52. The lowest BCUT2D eigenvalue weighted by molar-refractivity contribution is -0.160. The van der Waals surface area contributed by atoms with Crippen molar-refractivity contribution in [3.63, 3.8) is 0 Å². The van der Waals surface area contributed by atoms with E-state index in [-0.39, 0.29) is 5.75 Å². The highest BCUT2D eigenvalue weighted by molar-refractivity contribution is 5.78. The molecule has 0 radical (unpaired) electrons. The molecule has 0 amide bonds. The molecular formula is C20H23FN2O3. The number of carboxylic acid groups (broad SMARTS) is 1. The SMILES string of the molecule is CCc1ccc(CN2CCC(Oc3ccccc3F)(C(=O)O)CC2)nc1. The zero-order chi connectivity index (χ0) is 18.6. The van der Waals surface area contributed by atoms with Crippen LogP contribution in [0.3, 0.4) is 0 Å². The molecule has 1 aliphatic rings. The van der Waals surface area contributed by atoms with Gasteiger partial charge in [0, 0.05) is 38.7 Å². The number of para-hydroxylation sites is 1. The Hall–Kier alpha value is -2.47. The molecule has 0 saturated carbocycles. The van der Waals surface area contributed by atoms with Crippen molar-refractivity contribution < 1.29 is 19.0 Å². The van der Waals surface area contributed by atoms with Crippen molar-refractivity contribution in [1.82, 2.24) is 9.88 Å². The number of carboxylic acids is 1. The average molecular weight is 358 g/mol. The Morgan fingerprint density at radius 2 is 2.00 bits per heavy atom. The maximum atomic E-state index is 13.9. The summed E-state index contributed by atoms with van der Waals surface area (Å²) in [5.74, 6) is -1.61. The number of carbonyl (C=O) groups is 1. The summed E-state index contributed by atoms with van der Waals surface area (Å²) in [6, 6.07) is 9.99. The van der Waals surface area contributed by atoms with Gasteiger partial charge in [0.25, 0.3) is 0 Å². The molecule has 3 rings (SSSR count). The van der Waals surface area contributed by atoms with Crippen LogP contribution < -0.4 is 4.74 Å². The van der Waals surface area contributed by atoms with Crippen LogP contribution in [0.15, 0.2) is 42.6 Å². The number of hydrogen-bond donors (Lipinski definition) is 1. The van der Waals surface area contributed by atoms with Crippen LogP contribution in [0.4, 0.5) is 4.39 Å². The molecule has 0 aliphatic carbocycles. The smallest absolute Gasteiger partial charge is 0.348 e. The van der Waals surface area contributed by atoms with Gasteiger partial charge in [-0.2, -0.15) is 0 Å². The predicted octanol–water partition coefficient (Wildman–Crippen LogP) is 3.28. The lowest BCUT2D eigenvalue weighted by atomic mass is 9.91. The van der Waals surface area contributed by atoms with E-state index in [1.54, 1.807) is 12.1 Å². The van der Waals surface area contributed by atoms with E-state index in [4.69, 9.17) is 4.74 Å². The largest absolute Gasteiger partial charge is 0.478 e. The molecule has 138 valence electrons. The Bertz CT molecular complexity index is 756. The van der Waals surface area contributed by atoms with Crippen molar-refractivity contribution in [2.24, 2.45) is 0 Å². The molecule has 0 unspecified atom stereocenters. The molecule has 1 saturated heterocycles. The molecule has 2 heterocycles. The van der Waals surface area contributed by atoms with Gasteiger partial charge in [-0.15, -0.1) is 0 Å². The van der Waals surface area contributed by atoms with Gasteiger partial charge in [0.15, 0.2) is 11.6 Å². The van der Waals surface area contributed by atoms with Crippen LogP contribution in [0.25, 0.3) is 0 Å². The van der Waals surface area contributed by atoms with Crippen LogP contribution in [0.5, 0.6) is 5.75 Å². The van der Waals surface area contributed by atoms with E-state index in [0.717, 1.165) is 12.1 Å². The fraction of sp³-hybridized carbons (Fsp3) is 0.400. The fourth-order valence-corrected chi connectivity index (χ4v) is 3.16. The summed E-state index contributed by atoms with van der Waals surface area (Å²) in [6.45, 7) is 3.86. The van der Waals surface area contributed by atoms with Gasteiger partial charge < -0.3 is 9.84 Å². The number of likely N-dealkylation sites (tertiary alicyclic amines) is 1. The maximum absolute atomic E-state index is 13.9. The van der Waals surface area contributed by atoms with Crippen molar-refractivity contribution in [1.29, 1.82) is 0 Å². The summed E-state index contributed by atoms with van der Waals surface area (Å²) in [5.41, 5.74) is 0.758. The summed E-state index contributed by atoms with van der Waals surface area (Å²) >= 11 is 0. The lowest BCUT2D eigenvalue weighted by Gasteiger charge is -2.38. The summed E-state index contributed by atoms with van der Waals surface area (Å²) in [5, 5.41) is 9.70. The van der Waals surface area contributed by atoms with Crippen molar-refractivity contribution in [2.45, 2.75) is 38.3 Å². The molecular weight excluding hydrogens is 335 g/mol. The van der Waals surface area contributed by atoms with Crippen molar-refractivity contribution >= 4 is 5.97 Å². The summed E-state index contributed by atoms with van der Waals surface area (Å²) in [6.07, 6.45) is 3.42. The van der Waals surface area contributed by atoms with Crippen molar-refractivity contribution in [3.05, 3.63) is 59.7 Å². The zero-order valence-electron chi connectivity index (χ0n) is 14.8. The Balaban J connectivity index is 1.65. The third-order valence-electron chi connectivity index (χ3n) is 4.88. The minimum absolute atomic E-state index is 0.0137. The molecule has 0 spiro atoms. The first-order valence-corrected chi connectivity index (χ1v) is 8.85. The second-order valence-corrected chi connectivity index (χ2v) is 6.62. The molecule has 1 aromatic heterocycles. The molecule has 1 aliphatic heterocycles. The van der Waals surface area contributed by atoms with Gasteiger partial charge in [-0.25, -0.2) is 9.18 Å².